The molecule has 1 fully saturated rings. The number of aliphatic carboxylic acids is 1. The van der Waals surface area contributed by atoms with Crippen molar-refractivity contribution >= 4 is 33.0 Å². The first-order chi connectivity index (χ1) is 18.4. The zero-order chi connectivity index (χ0) is 28.1. The third-order valence-corrected chi connectivity index (χ3v) is 9.66. The van der Waals surface area contributed by atoms with E-state index in [1.54, 1.807) is 26.2 Å². The minimum absolute atomic E-state index is 0.194. The van der Waals surface area contributed by atoms with Gasteiger partial charge in [0.05, 0.1) is 18.2 Å². The van der Waals surface area contributed by atoms with Gasteiger partial charge in [-0.05, 0) is 73.6 Å². The molecule has 2 aliphatic rings. The number of nitrogens with one attached hydrogen (secondary N) is 1. The molecule has 5 rings (SSSR count). The summed E-state index contributed by atoms with van der Waals surface area (Å²) in [4.78, 5) is 25.7. The number of nitrogens with zero attached hydrogens (tertiary/aromatic N) is 2. The predicted molar refractivity (Wildman–Crippen MR) is 149 cm³/mol. The second-order valence-corrected chi connectivity index (χ2v) is 13.1. The number of methoxy groups -OCH3 is 1. The Hall–Kier alpha value is -3.37. The fraction of sp³-hybridized carbons (Fsp3) is 0.448. The lowest BCUT2D eigenvalue weighted by Crippen LogP contribution is -2.39. The summed E-state index contributed by atoms with van der Waals surface area (Å²) in [5, 5.41) is 11.3. The number of carboxylic acids is 1. The van der Waals surface area contributed by atoms with E-state index in [0.717, 1.165) is 57.7 Å². The third kappa shape index (κ3) is 4.80. The second-order valence-electron chi connectivity index (χ2n) is 11.2. The van der Waals surface area contributed by atoms with Crippen LogP contribution in [-0.4, -0.2) is 55.5 Å². The van der Waals surface area contributed by atoms with Crippen LogP contribution in [0.4, 0.5) is 0 Å². The molecule has 1 atom stereocenters. The molecule has 39 heavy (non-hydrogen) atoms. The topological polar surface area (TPSA) is 118 Å². The van der Waals surface area contributed by atoms with Crippen molar-refractivity contribution in [2.24, 2.45) is 5.41 Å². The Balaban J connectivity index is 1.79. The van der Waals surface area contributed by atoms with Gasteiger partial charge in [0.2, 0.25) is 0 Å². The summed E-state index contributed by atoms with van der Waals surface area (Å²) < 4.78 is 35.2. The highest BCUT2D eigenvalue weighted by Gasteiger charge is 2.40. The lowest BCUT2D eigenvalue weighted by Gasteiger charge is -2.24. The summed E-state index contributed by atoms with van der Waals surface area (Å²) in [6, 6.07) is 11.1. The van der Waals surface area contributed by atoms with Crippen molar-refractivity contribution < 1.29 is 27.9 Å². The second kappa shape index (κ2) is 9.98. The average Bonchev–Trinajstić information content (AvgIpc) is 3.13. The molecule has 9 nitrogen and oxygen atoms in total. The molecule has 1 aliphatic heterocycles. The molecule has 2 N–H and O–H groups in total. The molecule has 1 saturated carbocycles. The van der Waals surface area contributed by atoms with Crippen LogP contribution in [0, 0.1) is 5.41 Å². The molecule has 2 heterocycles. The minimum Gasteiger partial charge on any atom is -0.497 e. The molecule has 0 bridgehead atoms. The van der Waals surface area contributed by atoms with Gasteiger partial charge in [0.15, 0.2) is 0 Å². The molecule has 0 spiro atoms. The first kappa shape index (κ1) is 27.2. The van der Waals surface area contributed by atoms with E-state index in [-0.39, 0.29) is 12.1 Å². The third-order valence-electron chi connectivity index (χ3n) is 8.25. The highest BCUT2D eigenvalue weighted by molar-refractivity contribution is 7.87. The standard InChI is InChI=1S/C29H35N3O6S/c1-29(28(34)35)16-20-14-21(38-4)11-13-22(20)26-25(18-8-6-5-7-9-18)23-12-10-19(15-24(23)32(26)17-29)27(33)30-39(36,37)31(2)3/h10-15,18H,5-9,16-17H2,1-4H3,(H,30,33)(H,34,35)/t29-/m1/s1. The minimum atomic E-state index is -3.97. The molecule has 2 aromatic carbocycles. The molecule has 0 saturated heterocycles. The van der Waals surface area contributed by atoms with Crippen molar-refractivity contribution in [1.29, 1.82) is 0 Å². The van der Waals surface area contributed by atoms with Crippen molar-refractivity contribution in [3.8, 4) is 17.0 Å². The number of aromatic nitrogens is 1. The van der Waals surface area contributed by atoms with E-state index in [1.807, 2.05) is 28.8 Å². The van der Waals surface area contributed by atoms with E-state index in [1.165, 1.54) is 26.1 Å². The van der Waals surface area contributed by atoms with Crippen LogP contribution in [0.25, 0.3) is 22.2 Å². The first-order valence-electron chi connectivity index (χ1n) is 13.3. The number of benzene rings is 2. The summed E-state index contributed by atoms with van der Waals surface area (Å²) in [7, 11) is 0.324. The van der Waals surface area contributed by atoms with Crippen molar-refractivity contribution in [3.05, 3.63) is 53.1 Å². The normalized spacial score (nSPS) is 19.8. The van der Waals surface area contributed by atoms with E-state index >= 15 is 0 Å². The van der Waals surface area contributed by atoms with Gasteiger partial charge >= 0.3 is 16.2 Å². The Bertz CT molecular complexity index is 1570. The van der Waals surface area contributed by atoms with Crippen LogP contribution in [0.5, 0.6) is 5.75 Å². The quantitative estimate of drug-likeness (QED) is 0.463. The zero-order valence-corrected chi connectivity index (χ0v) is 23.6. The molecular formula is C29H35N3O6S. The maximum Gasteiger partial charge on any atom is 0.311 e. The van der Waals surface area contributed by atoms with Crippen LogP contribution < -0.4 is 9.46 Å². The predicted octanol–water partition coefficient (Wildman–Crippen LogP) is 4.55. The van der Waals surface area contributed by atoms with Crippen LogP contribution in [0.3, 0.4) is 0 Å². The fourth-order valence-corrected chi connectivity index (χ4v) is 6.62. The van der Waals surface area contributed by atoms with Crippen molar-refractivity contribution in [3.63, 3.8) is 0 Å². The molecule has 1 amide bonds. The SMILES string of the molecule is COc1ccc2c(c1)C[C@@](C)(C(=O)O)Cn1c-2c(C2CCCCC2)c2ccc(C(=O)NS(=O)(=O)N(C)C)cc21. The van der Waals surface area contributed by atoms with Crippen molar-refractivity contribution in [1.82, 2.24) is 13.6 Å². The summed E-state index contributed by atoms with van der Waals surface area (Å²) in [5.74, 6) is -0.668. The Morgan fingerprint density at radius 1 is 1.10 bits per heavy atom. The molecule has 208 valence electrons. The van der Waals surface area contributed by atoms with Gasteiger partial charge in [-0.3, -0.25) is 9.59 Å². The maximum absolute atomic E-state index is 13.0. The van der Waals surface area contributed by atoms with Gasteiger partial charge in [-0.2, -0.15) is 12.7 Å². The van der Waals surface area contributed by atoms with E-state index in [0.29, 0.717) is 18.1 Å². The number of carboxylic acid groups (broad SMARTS) is 1. The van der Waals surface area contributed by atoms with Gasteiger partial charge < -0.3 is 14.4 Å². The highest BCUT2D eigenvalue weighted by Crippen LogP contribution is 2.48. The number of carbonyl (C=O) groups excluding carboxylic acids is 1. The zero-order valence-electron chi connectivity index (χ0n) is 22.8. The van der Waals surface area contributed by atoms with Gasteiger partial charge in [-0.1, -0.05) is 25.3 Å². The molecule has 0 radical (unpaired) electrons. The number of hydrogen-bond donors (Lipinski definition) is 2. The molecule has 1 aliphatic carbocycles. The van der Waals surface area contributed by atoms with Crippen LogP contribution in [0.2, 0.25) is 0 Å². The van der Waals surface area contributed by atoms with E-state index < -0.39 is 27.5 Å². The highest BCUT2D eigenvalue weighted by atomic mass is 32.2. The average molecular weight is 554 g/mol. The van der Waals surface area contributed by atoms with Crippen LogP contribution in [0.15, 0.2) is 36.4 Å². The molecule has 1 aromatic heterocycles. The Kier molecular flexibility index (Phi) is 6.97. The lowest BCUT2D eigenvalue weighted by molar-refractivity contribution is -0.148. The van der Waals surface area contributed by atoms with Crippen molar-refractivity contribution in [2.75, 3.05) is 21.2 Å². The molecular weight excluding hydrogens is 518 g/mol. The molecule has 10 heteroatoms. The first-order valence-corrected chi connectivity index (χ1v) is 14.7. The lowest BCUT2D eigenvalue weighted by atomic mass is 9.80. The van der Waals surface area contributed by atoms with E-state index in [2.05, 4.69) is 4.72 Å². The van der Waals surface area contributed by atoms with Crippen LogP contribution in [0.1, 0.15) is 66.4 Å². The van der Waals surface area contributed by atoms with Gasteiger partial charge in [0.1, 0.15) is 5.75 Å². The van der Waals surface area contributed by atoms with Crippen LogP contribution in [-0.2, 0) is 28.0 Å². The number of fused-ring (bicyclic) bond motifs is 5. The Morgan fingerprint density at radius 3 is 2.46 bits per heavy atom. The summed E-state index contributed by atoms with van der Waals surface area (Å²) in [6.07, 6.45) is 5.85. The number of rotatable bonds is 6. The Morgan fingerprint density at radius 2 is 1.82 bits per heavy atom. The maximum atomic E-state index is 13.0. The van der Waals surface area contributed by atoms with Gasteiger partial charge in [-0.25, -0.2) is 4.72 Å². The number of amides is 1. The fourth-order valence-electron chi connectivity index (χ4n) is 6.09. The van der Waals surface area contributed by atoms with Gasteiger partial charge in [0.25, 0.3) is 5.91 Å². The molecule has 3 aromatic rings. The van der Waals surface area contributed by atoms with Gasteiger partial charge in [0, 0.05) is 42.7 Å². The van der Waals surface area contributed by atoms with E-state index in [4.69, 9.17) is 4.74 Å². The number of ether oxygens (including phenoxy) is 1. The van der Waals surface area contributed by atoms with Gasteiger partial charge in [-0.15, -0.1) is 0 Å². The number of carbonyl (C=O) groups is 2. The van der Waals surface area contributed by atoms with Crippen molar-refractivity contribution in [2.45, 2.75) is 57.9 Å². The summed E-state index contributed by atoms with van der Waals surface area (Å²) in [6.45, 7) is 1.96. The summed E-state index contributed by atoms with van der Waals surface area (Å²) in [5.41, 5.74) is 3.86. The smallest absolute Gasteiger partial charge is 0.311 e. The van der Waals surface area contributed by atoms with Crippen LogP contribution >= 0.6 is 0 Å². The van der Waals surface area contributed by atoms with E-state index in [9.17, 15) is 23.1 Å². The monoisotopic (exact) mass is 553 g/mol. The summed E-state index contributed by atoms with van der Waals surface area (Å²) >= 11 is 0. The number of hydrogen-bond acceptors (Lipinski definition) is 5. The largest absolute Gasteiger partial charge is 0.497 e. The molecule has 0 unspecified atom stereocenters. The Labute approximate surface area is 228 Å².